The molecule has 1 aromatic heterocycles. The molecule has 21 nitrogen and oxygen atoms in total. The number of aromatic nitrogens is 1. The normalized spacial score (nSPS) is 14.4. The Hall–Kier alpha value is -7.36. The number of hydrogen-bond acceptors (Lipinski definition) is 12. The number of rotatable bonds is 24. The monoisotopic (exact) mass is 902 g/mol. The first kappa shape index (κ1) is 50.3. The topological polar surface area (TPSA) is 352 Å². The molecule has 0 aliphatic heterocycles. The number of H-pyrrole nitrogens is 1. The summed E-state index contributed by atoms with van der Waals surface area (Å²) in [4.78, 5) is 109. The number of carbonyl (C=O) groups is 8. The molecule has 0 bridgehead atoms. The second-order valence-electron chi connectivity index (χ2n) is 15.6. The molecule has 0 saturated carbocycles. The van der Waals surface area contributed by atoms with Crippen LogP contribution >= 0.6 is 0 Å². The number of nitrogens with two attached hydrogens (primary N) is 1. The maximum Gasteiger partial charge on any atom is 0.326 e. The van der Waals surface area contributed by atoms with E-state index in [2.05, 4.69) is 36.9 Å². The van der Waals surface area contributed by atoms with Crippen LogP contribution in [0.5, 0.6) is 5.75 Å². The smallest absolute Gasteiger partial charge is 0.326 e. The van der Waals surface area contributed by atoms with E-state index in [0.717, 1.165) is 0 Å². The summed E-state index contributed by atoms with van der Waals surface area (Å²) < 4.78 is 0. The molecule has 4 rings (SSSR count). The zero-order valence-corrected chi connectivity index (χ0v) is 35.5. The number of aliphatic carboxylic acids is 2. The van der Waals surface area contributed by atoms with Gasteiger partial charge in [0.15, 0.2) is 0 Å². The summed E-state index contributed by atoms with van der Waals surface area (Å²) >= 11 is 0. The van der Waals surface area contributed by atoms with Gasteiger partial charge in [-0.15, -0.1) is 0 Å². The largest absolute Gasteiger partial charge is 0.508 e. The summed E-state index contributed by atoms with van der Waals surface area (Å²) in [6.45, 7) is 1.31. The first-order valence-electron chi connectivity index (χ1n) is 20.5. The molecule has 1 heterocycles. The van der Waals surface area contributed by atoms with Gasteiger partial charge in [0.05, 0.1) is 19.6 Å². The fourth-order valence-corrected chi connectivity index (χ4v) is 6.66. The molecule has 0 fully saturated rings. The van der Waals surface area contributed by atoms with Gasteiger partial charge in [0.2, 0.25) is 35.4 Å². The van der Waals surface area contributed by atoms with E-state index >= 15 is 0 Å². The third-order valence-corrected chi connectivity index (χ3v) is 10.2. The van der Waals surface area contributed by atoms with Crippen LogP contribution in [-0.4, -0.2) is 133 Å². The summed E-state index contributed by atoms with van der Waals surface area (Å²) in [6.07, 6.45) is 0.00560. The summed E-state index contributed by atoms with van der Waals surface area (Å²) in [5.41, 5.74) is 7.93. The zero-order chi connectivity index (χ0) is 47.8. The second-order valence-corrected chi connectivity index (χ2v) is 15.6. The summed E-state index contributed by atoms with van der Waals surface area (Å²) in [6, 6.07) is 10.1. The van der Waals surface area contributed by atoms with Gasteiger partial charge >= 0.3 is 11.9 Å². The number of aliphatic hydroxyl groups excluding tert-OH is 2. The number of aromatic amines is 1. The first-order chi connectivity index (χ1) is 30.9. The number of aliphatic hydroxyl groups is 2. The minimum absolute atomic E-state index is 0.0719. The van der Waals surface area contributed by atoms with Gasteiger partial charge in [0.25, 0.3) is 0 Å². The summed E-state index contributed by atoms with van der Waals surface area (Å²) in [5.74, 6) is -9.67. The third kappa shape index (κ3) is 14.9. The van der Waals surface area contributed by atoms with Crippen molar-refractivity contribution in [2.45, 2.75) is 81.8 Å². The molecule has 0 unspecified atom stereocenters. The first-order valence-corrected chi connectivity index (χ1v) is 20.5. The lowest BCUT2D eigenvalue weighted by atomic mass is 10.0. The third-order valence-electron chi connectivity index (χ3n) is 10.2. The molecule has 0 aliphatic carbocycles. The Labute approximate surface area is 372 Å². The van der Waals surface area contributed by atoms with Gasteiger partial charge < -0.3 is 68.2 Å². The van der Waals surface area contributed by atoms with Crippen molar-refractivity contribution in [1.82, 2.24) is 36.9 Å². The Bertz CT molecular complexity index is 2300. The SMILES string of the molecule is CC(C)[C@H](NC(=O)[C@H](Cc1c[nH]c2ccccc12)NC(=O)[C@H](CO)NC(=O)[C@H](CC(=O)O)NC(=O)[C@H](Cc1ccccc1)NC(=O)[C@H](Cc1ccc(O)cc1)NC(=O)[C@@H](N)CO)C(=O)O. The van der Waals surface area contributed by atoms with E-state index < -0.39 is 115 Å². The molecular formula is C44H54N8O13. The molecule has 21 heteroatoms. The summed E-state index contributed by atoms with van der Waals surface area (Å²) in [7, 11) is 0. The molecule has 0 spiro atoms. The van der Waals surface area contributed by atoms with Crippen LogP contribution in [0, 0.1) is 5.92 Å². The molecule has 348 valence electrons. The van der Waals surface area contributed by atoms with Gasteiger partial charge in [-0.1, -0.05) is 74.5 Å². The van der Waals surface area contributed by atoms with Gasteiger partial charge in [0, 0.05) is 36.4 Å². The quantitative estimate of drug-likeness (QED) is 0.0375. The van der Waals surface area contributed by atoms with Gasteiger partial charge in [-0.2, -0.15) is 0 Å². The van der Waals surface area contributed by atoms with Crippen LogP contribution in [0.4, 0.5) is 0 Å². The molecule has 4 aromatic rings. The van der Waals surface area contributed by atoms with E-state index in [4.69, 9.17) is 5.73 Å². The molecule has 0 aliphatic rings. The van der Waals surface area contributed by atoms with Crippen LogP contribution in [0.1, 0.15) is 37.0 Å². The van der Waals surface area contributed by atoms with E-state index in [9.17, 15) is 63.9 Å². The fourth-order valence-electron chi connectivity index (χ4n) is 6.66. The highest BCUT2D eigenvalue weighted by Crippen LogP contribution is 2.20. The highest BCUT2D eigenvalue weighted by molar-refractivity contribution is 5.98. The average molecular weight is 903 g/mol. The Balaban J connectivity index is 1.57. The Morgan fingerprint density at radius 2 is 1.05 bits per heavy atom. The number of benzene rings is 3. The van der Waals surface area contributed by atoms with E-state index in [0.29, 0.717) is 27.6 Å². The molecule has 7 atom stereocenters. The van der Waals surface area contributed by atoms with Crippen molar-refractivity contribution in [3.63, 3.8) is 0 Å². The van der Waals surface area contributed by atoms with Crippen LogP contribution < -0.4 is 37.6 Å². The number of aromatic hydroxyl groups is 1. The molecule has 0 radical (unpaired) electrons. The van der Waals surface area contributed by atoms with Crippen LogP contribution in [0.3, 0.4) is 0 Å². The van der Waals surface area contributed by atoms with Gasteiger partial charge in [-0.3, -0.25) is 33.6 Å². The van der Waals surface area contributed by atoms with E-state index in [1.165, 1.54) is 24.3 Å². The van der Waals surface area contributed by atoms with Crippen LogP contribution in [0.25, 0.3) is 10.9 Å². The van der Waals surface area contributed by atoms with Crippen molar-refractivity contribution in [2.24, 2.45) is 11.7 Å². The number of carbonyl (C=O) groups excluding carboxylic acids is 6. The standard InChI is InChI=1S/C44H54N8O13/c1-23(2)37(44(64)65)52-42(62)33(18-26-20-46-30-11-7-6-10-28(26)30)49-43(63)35(22-54)51-41(61)34(19-36(56)57)50-40(60)32(16-24-8-4-3-5-9-24)48-39(59)31(47-38(58)29(45)21-53)17-25-12-14-27(55)15-13-25/h3-15,20,23,29,31-35,37,46,53-55H,16-19,21-22,45H2,1-2H3,(H,47,58)(H,48,59)(H,49,63)(H,50,60)(H,51,61)(H,52,62)(H,56,57)(H,64,65)/t29-,31-,32-,33-,34-,35-,37-/m0/s1. The maximum atomic E-state index is 14.0. The van der Waals surface area contributed by atoms with Crippen molar-refractivity contribution in [1.29, 1.82) is 0 Å². The predicted molar refractivity (Wildman–Crippen MR) is 232 cm³/mol. The number of carboxylic acids is 2. The summed E-state index contributed by atoms with van der Waals surface area (Å²) in [5, 5.41) is 64.0. The predicted octanol–water partition coefficient (Wildman–Crippen LogP) is -1.66. The molecular weight excluding hydrogens is 849 g/mol. The minimum Gasteiger partial charge on any atom is -0.508 e. The number of nitrogens with one attached hydrogen (secondary N) is 7. The van der Waals surface area contributed by atoms with Crippen molar-refractivity contribution >= 4 is 58.3 Å². The van der Waals surface area contributed by atoms with Crippen molar-refractivity contribution < 1.29 is 63.9 Å². The minimum atomic E-state index is -1.92. The number of hydrogen-bond donors (Lipinski definition) is 13. The lowest BCUT2D eigenvalue weighted by Crippen LogP contribution is -2.61. The van der Waals surface area contributed by atoms with Crippen LogP contribution in [-0.2, 0) is 57.6 Å². The number of phenols is 1. The molecule has 6 amide bonds. The molecule has 65 heavy (non-hydrogen) atoms. The number of phenolic OH excluding ortho intramolecular Hbond substituents is 1. The van der Waals surface area contributed by atoms with Crippen molar-refractivity contribution in [3.8, 4) is 5.75 Å². The maximum absolute atomic E-state index is 14.0. The molecule has 0 saturated heterocycles. The van der Waals surface area contributed by atoms with Crippen LogP contribution in [0.2, 0.25) is 0 Å². The van der Waals surface area contributed by atoms with E-state index in [-0.39, 0.29) is 25.0 Å². The second kappa shape index (κ2) is 23.9. The number of para-hydroxylation sites is 1. The van der Waals surface area contributed by atoms with Gasteiger partial charge in [-0.05, 0) is 40.8 Å². The Morgan fingerprint density at radius 3 is 1.60 bits per heavy atom. The van der Waals surface area contributed by atoms with Gasteiger partial charge in [0.1, 0.15) is 48.0 Å². The highest BCUT2D eigenvalue weighted by Gasteiger charge is 2.35. The Kier molecular flexibility index (Phi) is 18.5. The zero-order valence-electron chi connectivity index (χ0n) is 35.5. The molecule has 14 N–H and O–H groups in total. The van der Waals surface area contributed by atoms with E-state index in [1.54, 1.807) is 74.6 Å². The average Bonchev–Trinajstić information content (AvgIpc) is 3.68. The molecule has 3 aromatic carbocycles. The van der Waals surface area contributed by atoms with Gasteiger partial charge in [-0.25, -0.2) is 4.79 Å². The Morgan fingerprint density at radius 1 is 0.569 bits per heavy atom. The highest BCUT2D eigenvalue weighted by atomic mass is 16.4. The number of fused-ring (bicyclic) bond motifs is 1. The number of carboxylic acid groups (broad SMARTS) is 2. The van der Waals surface area contributed by atoms with Crippen molar-refractivity contribution in [3.05, 3.63) is 102 Å². The lowest BCUT2D eigenvalue weighted by molar-refractivity contribution is -0.143. The van der Waals surface area contributed by atoms with E-state index in [1.807, 2.05) is 0 Å². The van der Waals surface area contributed by atoms with Crippen molar-refractivity contribution in [2.75, 3.05) is 13.2 Å². The fraction of sp³-hybridized carbons (Fsp3) is 0.364. The van der Waals surface area contributed by atoms with Crippen LogP contribution in [0.15, 0.2) is 85.1 Å². The number of amides is 6. The lowest BCUT2D eigenvalue weighted by Gasteiger charge is -2.27.